The molecule has 2 aromatic rings. The fraction of sp³-hybridized carbons (Fsp3) is 0.222. The van der Waals surface area contributed by atoms with Crippen LogP contribution in [0.15, 0.2) is 34.2 Å². The number of aromatic nitrogens is 2. The summed E-state index contributed by atoms with van der Waals surface area (Å²) in [6.07, 6.45) is 6.59. The second-order valence-electron chi connectivity index (χ2n) is 5.21. The molecule has 1 amide bonds. The van der Waals surface area contributed by atoms with Crippen LogP contribution in [0, 0.1) is 17.1 Å². The molecule has 0 aliphatic heterocycles. The number of hydrogen-bond donors (Lipinski definition) is 3. The van der Waals surface area contributed by atoms with E-state index in [-0.39, 0.29) is 23.4 Å². The van der Waals surface area contributed by atoms with E-state index in [9.17, 15) is 9.59 Å². The Labute approximate surface area is 160 Å². The molecule has 0 radical (unpaired) electrons. The highest BCUT2D eigenvalue weighted by Gasteiger charge is 2.06. The number of benzene rings is 1. The summed E-state index contributed by atoms with van der Waals surface area (Å²) < 4.78 is 11.1. The van der Waals surface area contributed by atoms with Crippen LogP contribution >= 0.6 is 12.2 Å². The van der Waals surface area contributed by atoms with E-state index in [1.165, 1.54) is 12.3 Å². The van der Waals surface area contributed by atoms with Crippen molar-refractivity contribution in [3.63, 3.8) is 0 Å². The van der Waals surface area contributed by atoms with Crippen LogP contribution in [0.2, 0.25) is 0 Å². The fourth-order valence-corrected chi connectivity index (χ4v) is 2.35. The first-order valence-corrected chi connectivity index (χ1v) is 8.40. The van der Waals surface area contributed by atoms with E-state index < -0.39 is 5.91 Å². The monoisotopic (exact) mass is 386 g/mol. The van der Waals surface area contributed by atoms with Crippen molar-refractivity contribution < 1.29 is 14.3 Å². The fourth-order valence-electron chi connectivity index (χ4n) is 2.12. The second-order valence-corrected chi connectivity index (χ2v) is 5.62. The van der Waals surface area contributed by atoms with Crippen molar-refractivity contribution in [1.82, 2.24) is 15.4 Å². The molecule has 9 heteroatoms. The van der Waals surface area contributed by atoms with Gasteiger partial charge in [-0.25, -0.2) is 5.43 Å². The van der Waals surface area contributed by atoms with Crippen molar-refractivity contribution in [1.29, 1.82) is 0 Å². The number of carbonyl (C=O) groups is 1. The van der Waals surface area contributed by atoms with E-state index in [2.05, 4.69) is 26.4 Å². The Balaban J connectivity index is 2.01. The summed E-state index contributed by atoms with van der Waals surface area (Å²) in [5.41, 5.74) is 3.10. The number of nitrogens with zero attached hydrogens (tertiary/aromatic N) is 1. The molecule has 27 heavy (non-hydrogen) atoms. The Morgan fingerprint density at radius 3 is 2.85 bits per heavy atom. The van der Waals surface area contributed by atoms with E-state index in [4.69, 9.17) is 28.1 Å². The van der Waals surface area contributed by atoms with E-state index in [0.717, 1.165) is 0 Å². The number of hydrazone groups is 1. The summed E-state index contributed by atoms with van der Waals surface area (Å²) in [5.74, 6) is 3.05. The molecule has 2 rings (SSSR count). The van der Waals surface area contributed by atoms with Gasteiger partial charge in [0.05, 0.1) is 19.2 Å². The van der Waals surface area contributed by atoms with Gasteiger partial charge < -0.3 is 14.5 Å². The average molecular weight is 386 g/mol. The van der Waals surface area contributed by atoms with Crippen molar-refractivity contribution in [3.8, 4) is 23.8 Å². The third kappa shape index (κ3) is 6.45. The molecular formula is C18H18N4O4S. The molecule has 1 aromatic heterocycles. The Morgan fingerprint density at radius 2 is 2.15 bits per heavy atom. The molecular weight excluding hydrogens is 368 g/mol. The quantitative estimate of drug-likeness (QED) is 0.276. The first kappa shape index (κ1) is 19.9. The lowest BCUT2D eigenvalue weighted by Crippen LogP contribution is -2.21. The molecule has 0 aliphatic carbocycles. The maximum Gasteiger partial charge on any atom is 0.251 e. The van der Waals surface area contributed by atoms with Crippen LogP contribution in [0.25, 0.3) is 0 Å². The van der Waals surface area contributed by atoms with Crippen LogP contribution < -0.4 is 20.5 Å². The minimum Gasteiger partial charge on any atom is -0.490 e. The topological polar surface area (TPSA) is 109 Å². The molecule has 3 N–H and O–H groups in total. The number of hydrogen-bond acceptors (Lipinski definition) is 6. The van der Waals surface area contributed by atoms with Crippen molar-refractivity contribution in [2.75, 3.05) is 13.2 Å². The number of H-pyrrole nitrogens is 2. The zero-order chi connectivity index (χ0) is 19.6. The number of amides is 1. The second kappa shape index (κ2) is 9.94. The lowest BCUT2D eigenvalue weighted by Gasteiger charge is -2.10. The van der Waals surface area contributed by atoms with Crippen molar-refractivity contribution in [2.45, 2.75) is 13.3 Å². The highest BCUT2D eigenvalue weighted by Crippen LogP contribution is 2.27. The van der Waals surface area contributed by atoms with Gasteiger partial charge in [-0.1, -0.05) is 5.92 Å². The van der Waals surface area contributed by atoms with E-state index in [0.29, 0.717) is 29.4 Å². The summed E-state index contributed by atoms with van der Waals surface area (Å²) >= 11 is 4.86. The Bertz CT molecular complexity index is 960. The van der Waals surface area contributed by atoms with Crippen molar-refractivity contribution >= 4 is 24.3 Å². The molecule has 0 aliphatic rings. The van der Waals surface area contributed by atoms with Crippen LogP contribution in [0.4, 0.5) is 0 Å². The number of terminal acetylenes is 1. The molecule has 8 nitrogen and oxygen atoms in total. The first-order chi connectivity index (χ1) is 13.0. The number of aromatic amines is 2. The van der Waals surface area contributed by atoms with Crippen LogP contribution in [-0.4, -0.2) is 35.3 Å². The number of ether oxygens (including phenoxy) is 2. The number of rotatable bonds is 8. The average Bonchev–Trinajstić information content (AvgIpc) is 2.60. The summed E-state index contributed by atoms with van der Waals surface area (Å²) in [4.78, 5) is 28.4. The molecule has 1 aromatic carbocycles. The summed E-state index contributed by atoms with van der Waals surface area (Å²) in [6.45, 7) is 2.45. The molecule has 140 valence electrons. The standard InChI is InChI=1S/C18H18N4O4S/c1-3-7-26-14-6-5-12(8-15(14)25-4-2)11-19-22-17(24)10-13-9-16(23)21-18(27)20-13/h1,5-6,8-9,11H,4,7,10H2,2H3,(H,22,24)(H2,20,21,23,27)/b19-11-. The minimum atomic E-state index is -0.401. The van der Waals surface area contributed by atoms with Gasteiger partial charge in [0, 0.05) is 11.8 Å². The predicted molar refractivity (Wildman–Crippen MR) is 104 cm³/mol. The third-order valence-corrected chi connectivity index (χ3v) is 3.35. The molecule has 0 unspecified atom stereocenters. The van der Waals surface area contributed by atoms with Gasteiger partial charge in [-0.15, -0.1) is 6.42 Å². The third-order valence-electron chi connectivity index (χ3n) is 3.15. The Hall–Kier alpha value is -3.38. The zero-order valence-electron chi connectivity index (χ0n) is 14.6. The van der Waals surface area contributed by atoms with Crippen molar-refractivity contribution in [2.24, 2.45) is 5.10 Å². The van der Waals surface area contributed by atoms with Crippen LogP contribution in [-0.2, 0) is 11.2 Å². The van der Waals surface area contributed by atoms with Crippen LogP contribution in [0.3, 0.4) is 0 Å². The minimum absolute atomic E-state index is 0.0615. The summed E-state index contributed by atoms with van der Waals surface area (Å²) in [5, 5.41) is 3.90. The molecule has 0 bridgehead atoms. The van der Waals surface area contributed by atoms with Gasteiger partial charge in [0.1, 0.15) is 6.61 Å². The van der Waals surface area contributed by atoms with Crippen LogP contribution in [0.5, 0.6) is 11.5 Å². The maximum absolute atomic E-state index is 11.9. The Kier molecular flexibility index (Phi) is 7.34. The summed E-state index contributed by atoms with van der Waals surface area (Å²) in [6, 6.07) is 6.45. The normalized spacial score (nSPS) is 10.4. The number of carbonyl (C=O) groups excluding carboxylic acids is 1. The largest absolute Gasteiger partial charge is 0.490 e. The highest BCUT2D eigenvalue weighted by molar-refractivity contribution is 7.71. The molecule has 0 fully saturated rings. The van der Waals surface area contributed by atoms with Gasteiger partial charge in [0.25, 0.3) is 5.56 Å². The zero-order valence-corrected chi connectivity index (χ0v) is 15.4. The van der Waals surface area contributed by atoms with Gasteiger partial charge in [-0.3, -0.25) is 14.6 Å². The molecule has 0 saturated carbocycles. The van der Waals surface area contributed by atoms with Gasteiger partial charge in [-0.05, 0) is 42.9 Å². The first-order valence-electron chi connectivity index (χ1n) is 7.99. The van der Waals surface area contributed by atoms with Gasteiger partial charge in [-0.2, -0.15) is 5.10 Å². The lowest BCUT2D eigenvalue weighted by molar-refractivity contribution is -0.120. The maximum atomic E-state index is 11.9. The van der Waals surface area contributed by atoms with Crippen LogP contribution in [0.1, 0.15) is 18.2 Å². The number of nitrogens with one attached hydrogen (secondary N) is 3. The van der Waals surface area contributed by atoms with Gasteiger partial charge in [0.15, 0.2) is 16.3 Å². The molecule has 0 atom stereocenters. The summed E-state index contributed by atoms with van der Waals surface area (Å²) in [7, 11) is 0. The lowest BCUT2D eigenvalue weighted by atomic mass is 10.2. The van der Waals surface area contributed by atoms with Gasteiger partial charge in [0.2, 0.25) is 5.91 Å². The Morgan fingerprint density at radius 1 is 1.33 bits per heavy atom. The van der Waals surface area contributed by atoms with Gasteiger partial charge >= 0.3 is 0 Å². The molecule has 0 saturated heterocycles. The molecule has 0 spiro atoms. The van der Waals surface area contributed by atoms with E-state index >= 15 is 0 Å². The van der Waals surface area contributed by atoms with E-state index in [1.807, 2.05) is 6.92 Å². The van der Waals surface area contributed by atoms with E-state index in [1.54, 1.807) is 18.2 Å². The smallest absolute Gasteiger partial charge is 0.251 e. The predicted octanol–water partition coefficient (Wildman–Crippen LogP) is 1.54. The molecule has 1 heterocycles. The SMILES string of the molecule is C#CCOc1ccc(/C=N\NC(=O)Cc2cc(=O)[nH]c(=S)[nH]2)cc1OCC. The van der Waals surface area contributed by atoms with Crippen molar-refractivity contribution in [3.05, 3.63) is 50.6 Å². The highest BCUT2D eigenvalue weighted by atomic mass is 32.1.